The van der Waals surface area contributed by atoms with Gasteiger partial charge in [-0.2, -0.15) is 0 Å². The largest absolute Gasteiger partial charge is 0.322 e. The van der Waals surface area contributed by atoms with Gasteiger partial charge in [0.2, 0.25) is 5.91 Å². The van der Waals surface area contributed by atoms with Crippen molar-refractivity contribution in [1.29, 1.82) is 0 Å². The second-order valence-electron chi connectivity index (χ2n) is 4.92. The minimum atomic E-state index is -1.30. The summed E-state index contributed by atoms with van der Waals surface area (Å²) >= 11 is 0. The van der Waals surface area contributed by atoms with Gasteiger partial charge in [-0.05, 0) is 12.8 Å². The minimum absolute atomic E-state index is 0.390. The summed E-state index contributed by atoms with van der Waals surface area (Å²) in [6.45, 7) is 0. The van der Waals surface area contributed by atoms with Gasteiger partial charge in [0.25, 0.3) is 0 Å². The third-order valence-electron chi connectivity index (χ3n) is 3.46. The maximum Gasteiger partial charge on any atom is 0.244 e. The highest BCUT2D eigenvalue weighted by molar-refractivity contribution is 5.98. The molecule has 104 valence electrons. The Morgan fingerprint density at radius 3 is 2.26 bits per heavy atom. The van der Waals surface area contributed by atoms with Gasteiger partial charge in [0.05, 0.1) is 11.2 Å². The first-order chi connectivity index (χ1) is 8.92. The van der Waals surface area contributed by atoms with E-state index in [0.29, 0.717) is 25.0 Å². The van der Waals surface area contributed by atoms with Crippen LogP contribution in [0.25, 0.3) is 0 Å². The fourth-order valence-corrected chi connectivity index (χ4v) is 2.27. The molecule has 1 amide bonds. The van der Waals surface area contributed by atoms with Gasteiger partial charge in [-0.15, -0.1) is 0 Å². The molecule has 19 heavy (non-hydrogen) atoms. The molecular formula is C13H15F3N2O. The second-order valence-corrected chi connectivity index (χ2v) is 4.92. The van der Waals surface area contributed by atoms with Crippen molar-refractivity contribution in [1.82, 2.24) is 0 Å². The normalized spacial score (nSPS) is 18.1. The molecule has 1 aromatic rings. The standard InChI is InChI=1S/C13H15F3N2O/c14-8-6-10(16)11(7-9(8)15)18-12(19)13(17)4-2-1-3-5-13/h6-7H,1-5,17H2,(H,18,19). The molecule has 0 saturated heterocycles. The number of anilines is 1. The van der Waals surface area contributed by atoms with E-state index in [9.17, 15) is 18.0 Å². The van der Waals surface area contributed by atoms with Crippen LogP contribution in [-0.4, -0.2) is 11.4 Å². The quantitative estimate of drug-likeness (QED) is 0.813. The number of carbonyl (C=O) groups excluding carboxylic acids is 1. The Balaban J connectivity index is 2.16. The van der Waals surface area contributed by atoms with Crippen LogP contribution in [-0.2, 0) is 4.79 Å². The van der Waals surface area contributed by atoms with E-state index in [4.69, 9.17) is 5.73 Å². The zero-order valence-electron chi connectivity index (χ0n) is 10.3. The summed E-state index contributed by atoms with van der Waals surface area (Å²) in [5.74, 6) is -4.09. The third kappa shape index (κ3) is 2.89. The SMILES string of the molecule is NC1(C(=O)Nc2cc(F)c(F)cc2F)CCCCC1. The summed E-state index contributed by atoms with van der Waals surface area (Å²) in [5.41, 5.74) is 4.52. The maximum atomic E-state index is 13.4. The molecule has 2 rings (SSSR count). The number of nitrogens with one attached hydrogen (secondary N) is 1. The highest BCUT2D eigenvalue weighted by Crippen LogP contribution is 2.28. The number of hydrogen-bond acceptors (Lipinski definition) is 2. The van der Waals surface area contributed by atoms with Crippen molar-refractivity contribution >= 4 is 11.6 Å². The summed E-state index contributed by atoms with van der Waals surface area (Å²) < 4.78 is 39.2. The molecule has 1 aliphatic rings. The van der Waals surface area contributed by atoms with Crippen molar-refractivity contribution in [2.75, 3.05) is 5.32 Å². The van der Waals surface area contributed by atoms with E-state index in [2.05, 4.69) is 5.32 Å². The predicted octanol–water partition coefficient (Wildman–Crippen LogP) is 2.70. The number of rotatable bonds is 2. The van der Waals surface area contributed by atoms with Crippen LogP contribution in [0.15, 0.2) is 12.1 Å². The summed E-state index contributed by atoms with van der Waals surface area (Å²) in [6, 6.07) is 1.02. The Bertz CT molecular complexity index is 499. The van der Waals surface area contributed by atoms with E-state index in [0.717, 1.165) is 19.3 Å². The van der Waals surface area contributed by atoms with Crippen LogP contribution in [0.3, 0.4) is 0 Å². The molecule has 1 saturated carbocycles. The van der Waals surface area contributed by atoms with Crippen molar-refractivity contribution in [2.45, 2.75) is 37.6 Å². The fraction of sp³-hybridized carbons (Fsp3) is 0.462. The van der Waals surface area contributed by atoms with Gasteiger partial charge in [-0.25, -0.2) is 13.2 Å². The number of nitrogens with two attached hydrogens (primary N) is 1. The molecule has 3 N–H and O–H groups in total. The Hall–Kier alpha value is -1.56. The molecule has 0 atom stereocenters. The van der Waals surface area contributed by atoms with Gasteiger partial charge in [0.15, 0.2) is 11.6 Å². The first kappa shape index (κ1) is 13.9. The summed E-state index contributed by atoms with van der Waals surface area (Å²) in [5, 5.41) is 2.24. The van der Waals surface area contributed by atoms with Gasteiger partial charge in [-0.3, -0.25) is 4.79 Å². The van der Waals surface area contributed by atoms with Crippen molar-refractivity contribution in [2.24, 2.45) is 5.73 Å². The van der Waals surface area contributed by atoms with E-state index in [1.807, 2.05) is 0 Å². The maximum absolute atomic E-state index is 13.4. The average molecular weight is 272 g/mol. The van der Waals surface area contributed by atoms with E-state index < -0.39 is 28.9 Å². The van der Waals surface area contributed by atoms with E-state index in [1.165, 1.54) is 0 Å². The minimum Gasteiger partial charge on any atom is -0.322 e. The summed E-state index contributed by atoms with van der Waals surface area (Å²) in [6.07, 6.45) is 3.66. The van der Waals surface area contributed by atoms with Crippen molar-refractivity contribution in [3.63, 3.8) is 0 Å². The van der Waals surface area contributed by atoms with E-state index in [1.54, 1.807) is 0 Å². The number of carbonyl (C=O) groups is 1. The summed E-state index contributed by atoms with van der Waals surface area (Å²) in [4.78, 5) is 12.0. The Labute approximate surface area is 109 Å². The van der Waals surface area contributed by atoms with Crippen molar-refractivity contribution in [3.05, 3.63) is 29.6 Å². The molecule has 1 aliphatic carbocycles. The Morgan fingerprint density at radius 2 is 1.63 bits per heavy atom. The second kappa shape index (κ2) is 5.21. The van der Waals surface area contributed by atoms with Crippen LogP contribution < -0.4 is 11.1 Å². The topological polar surface area (TPSA) is 55.1 Å². The Kier molecular flexibility index (Phi) is 3.80. The number of benzene rings is 1. The highest BCUT2D eigenvalue weighted by Gasteiger charge is 2.35. The van der Waals surface area contributed by atoms with Gasteiger partial charge in [-0.1, -0.05) is 19.3 Å². The number of halogens is 3. The van der Waals surface area contributed by atoms with Gasteiger partial charge >= 0.3 is 0 Å². The molecular weight excluding hydrogens is 257 g/mol. The van der Waals surface area contributed by atoms with Crippen LogP contribution in [0.2, 0.25) is 0 Å². The first-order valence-electron chi connectivity index (χ1n) is 6.17. The fourth-order valence-electron chi connectivity index (χ4n) is 2.27. The van der Waals surface area contributed by atoms with E-state index in [-0.39, 0.29) is 5.69 Å². The molecule has 0 aromatic heterocycles. The van der Waals surface area contributed by atoms with Gasteiger partial charge in [0.1, 0.15) is 5.82 Å². The van der Waals surface area contributed by atoms with Crippen LogP contribution in [0, 0.1) is 17.5 Å². The first-order valence-corrected chi connectivity index (χ1v) is 6.17. The van der Waals surface area contributed by atoms with Crippen molar-refractivity contribution in [3.8, 4) is 0 Å². The Morgan fingerprint density at radius 1 is 1.05 bits per heavy atom. The molecule has 0 heterocycles. The summed E-state index contributed by atoms with van der Waals surface area (Å²) in [7, 11) is 0. The van der Waals surface area contributed by atoms with Crippen LogP contribution in [0.1, 0.15) is 32.1 Å². The van der Waals surface area contributed by atoms with Crippen molar-refractivity contribution < 1.29 is 18.0 Å². The lowest BCUT2D eigenvalue weighted by atomic mass is 9.82. The molecule has 6 heteroatoms. The monoisotopic (exact) mass is 272 g/mol. The molecule has 0 spiro atoms. The zero-order chi connectivity index (χ0) is 14.0. The molecule has 0 radical (unpaired) electrons. The zero-order valence-corrected chi connectivity index (χ0v) is 10.3. The highest BCUT2D eigenvalue weighted by atomic mass is 19.2. The van der Waals surface area contributed by atoms with Crippen LogP contribution in [0.5, 0.6) is 0 Å². The molecule has 1 aromatic carbocycles. The number of amides is 1. The third-order valence-corrected chi connectivity index (χ3v) is 3.46. The van der Waals surface area contributed by atoms with Crippen LogP contribution in [0.4, 0.5) is 18.9 Å². The smallest absolute Gasteiger partial charge is 0.244 e. The lowest BCUT2D eigenvalue weighted by Gasteiger charge is -2.31. The van der Waals surface area contributed by atoms with Gasteiger partial charge in [0, 0.05) is 12.1 Å². The molecule has 0 bridgehead atoms. The molecule has 1 fully saturated rings. The molecule has 0 unspecified atom stereocenters. The molecule has 3 nitrogen and oxygen atoms in total. The lowest BCUT2D eigenvalue weighted by molar-refractivity contribution is -0.122. The number of hydrogen-bond donors (Lipinski definition) is 2. The van der Waals surface area contributed by atoms with Gasteiger partial charge < -0.3 is 11.1 Å². The lowest BCUT2D eigenvalue weighted by Crippen LogP contribution is -2.52. The van der Waals surface area contributed by atoms with Crippen LogP contribution >= 0.6 is 0 Å². The average Bonchev–Trinajstić information content (AvgIpc) is 2.36. The van der Waals surface area contributed by atoms with E-state index >= 15 is 0 Å². The molecule has 0 aliphatic heterocycles. The predicted molar refractivity (Wildman–Crippen MR) is 64.9 cm³/mol.